The lowest BCUT2D eigenvalue weighted by Gasteiger charge is -2.71. The fraction of sp³-hybridized carbons (Fsp3) is 0.917. The molecule has 274 valence electrons. The van der Waals surface area contributed by atoms with Gasteiger partial charge < -0.3 is 23.7 Å². The molecular weight excluding hydrogens is 678 g/mol. The second kappa shape index (κ2) is 9.42. The van der Waals surface area contributed by atoms with Gasteiger partial charge in [-0.15, -0.1) is 0 Å². The number of hydrogen-bond acceptors (Lipinski definition) is 10. The topological polar surface area (TPSA) is 152 Å². The summed E-state index contributed by atoms with van der Waals surface area (Å²) in [5.41, 5.74) is -2.08. The van der Waals surface area contributed by atoms with Crippen LogP contribution in [0.2, 0.25) is 0 Å². The minimum atomic E-state index is -6.01. The van der Waals surface area contributed by atoms with Gasteiger partial charge in [0.25, 0.3) is 0 Å². The number of halogens is 2. The van der Waals surface area contributed by atoms with Crippen molar-refractivity contribution in [2.24, 2.45) is 69.5 Å². The first-order valence-electron chi connectivity index (χ1n) is 18.9. The average Bonchev–Trinajstić information content (AvgIpc) is 3.86. The minimum absolute atomic E-state index is 0.0528. The molecule has 2 spiro atoms. The van der Waals surface area contributed by atoms with Crippen molar-refractivity contribution in [3.8, 4) is 0 Å². The third-order valence-corrected chi connectivity index (χ3v) is 17.8. The predicted octanol–water partition coefficient (Wildman–Crippen LogP) is 4.42. The van der Waals surface area contributed by atoms with E-state index in [-0.39, 0.29) is 67.6 Å². The van der Waals surface area contributed by atoms with Crippen molar-refractivity contribution in [3.63, 3.8) is 0 Å². The Morgan fingerprint density at radius 2 is 1.42 bits per heavy atom. The van der Waals surface area contributed by atoms with Crippen LogP contribution in [-0.2, 0) is 48.2 Å². The van der Waals surface area contributed by atoms with Gasteiger partial charge in [0, 0.05) is 11.8 Å². The van der Waals surface area contributed by atoms with Gasteiger partial charge in [0.1, 0.15) is 31.0 Å². The third-order valence-electron chi connectivity index (χ3n) is 16.9. The number of rotatable bonds is 9. The van der Waals surface area contributed by atoms with Gasteiger partial charge in [0.05, 0.1) is 10.8 Å². The first kappa shape index (κ1) is 31.6. The SMILES string of the molecule is O=C(OCC1OC2(OC1COC(=O)C13CC4CC5CC(C1)C53C4)C1CC3CC(OC(=O)C(F)(F)S(=O)(=O)O)(C1)CC32)C12CC3CC(C1)C(C3)C2. The van der Waals surface area contributed by atoms with Crippen LogP contribution in [0.15, 0.2) is 0 Å². The lowest BCUT2D eigenvalue weighted by Crippen LogP contribution is -2.69. The lowest BCUT2D eigenvalue weighted by molar-refractivity contribution is -0.263. The van der Waals surface area contributed by atoms with E-state index in [2.05, 4.69) is 0 Å². The summed E-state index contributed by atoms with van der Waals surface area (Å²) >= 11 is 0. The van der Waals surface area contributed by atoms with Gasteiger partial charge in [0.2, 0.25) is 0 Å². The second-order valence-corrected chi connectivity index (χ2v) is 20.4. The average molecular weight is 723 g/mol. The monoisotopic (exact) mass is 722 g/mol. The maximum absolute atomic E-state index is 14.2. The molecular formula is C36H44F2O11S. The molecule has 0 aromatic carbocycles. The normalized spacial score (nSPS) is 55.0. The van der Waals surface area contributed by atoms with Crippen molar-refractivity contribution < 1.29 is 59.8 Å². The molecule has 14 heteroatoms. The van der Waals surface area contributed by atoms with Gasteiger partial charge in [0.15, 0.2) is 5.79 Å². The smallest absolute Gasteiger partial charge is 0.462 e. The molecule has 11 nitrogen and oxygen atoms in total. The molecule has 10 bridgehead atoms. The Hall–Kier alpha value is -1.90. The molecule has 1 N–H and O–H groups in total. The number of carbonyl (C=O) groups is 3. The molecule has 0 radical (unpaired) electrons. The second-order valence-electron chi connectivity index (χ2n) is 18.9. The Morgan fingerprint density at radius 1 is 0.720 bits per heavy atom. The van der Waals surface area contributed by atoms with Crippen molar-refractivity contribution in [1.82, 2.24) is 0 Å². The molecule has 0 aromatic heterocycles. The highest BCUT2D eigenvalue weighted by atomic mass is 32.2. The van der Waals surface area contributed by atoms with Crippen LogP contribution in [0.4, 0.5) is 8.78 Å². The zero-order valence-corrected chi connectivity index (χ0v) is 28.7. The summed E-state index contributed by atoms with van der Waals surface area (Å²) in [5, 5.41) is -5.08. The number of alkyl halides is 2. The van der Waals surface area contributed by atoms with E-state index < -0.39 is 55.8 Å². The van der Waals surface area contributed by atoms with Gasteiger partial charge in [-0.25, -0.2) is 4.79 Å². The fourth-order valence-corrected chi connectivity index (χ4v) is 15.9. The molecule has 0 aromatic rings. The number of fused-ring (bicyclic) bond motifs is 1. The van der Waals surface area contributed by atoms with Crippen molar-refractivity contribution in [3.05, 3.63) is 0 Å². The van der Waals surface area contributed by atoms with Crippen LogP contribution in [-0.4, -0.2) is 72.9 Å². The largest absolute Gasteiger partial charge is 0.465 e. The molecule has 14 atom stereocenters. The first-order valence-corrected chi connectivity index (χ1v) is 20.3. The van der Waals surface area contributed by atoms with E-state index in [1.54, 1.807) is 0 Å². The van der Waals surface area contributed by atoms with Crippen molar-refractivity contribution >= 4 is 28.0 Å². The Morgan fingerprint density at radius 3 is 2.04 bits per heavy atom. The van der Waals surface area contributed by atoms with E-state index in [1.807, 2.05) is 0 Å². The van der Waals surface area contributed by atoms with Crippen molar-refractivity contribution in [2.45, 2.75) is 119 Å². The van der Waals surface area contributed by atoms with Gasteiger partial charge >= 0.3 is 33.3 Å². The highest BCUT2D eigenvalue weighted by molar-refractivity contribution is 7.87. The highest BCUT2D eigenvalue weighted by Crippen LogP contribution is 2.86. The van der Waals surface area contributed by atoms with Crippen LogP contribution in [0.3, 0.4) is 0 Å². The molecule has 13 aliphatic rings. The van der Waals surface area contributed by atoms with E-state index in [1.165, 1.54) is 25.7 Å². The zero-order valence-electron chi connectivity index (χ0n) is 27.9. The van der Waals surface area contributed by atoms with Gasteiger partial charge in [-0.1, -0.05) is 0 Å². The van der Waals surface area contributed by atoms with E-state index in [4.69, 9.17) is 28.2 Å². The van der Waals surface area contributed by atoms with Crippen molar-refractivity contribution in [2.75, 3.05) is 13.2 Å². The quantitative estimate of drug-likeness (QED) is 0.205. The standard InChI is InChI=1S/C36H44F2O11S/c37-36(38,50(42,43)44)30(41)49-32-11-21-4-24(12-32)35(25(21)14-32)47-26(15-45-28(39)31-6-17-1-19(9-31)20(2-17)10-31)27(48-35)16-46-29(40)33-7-18-3-22-5-23(13-33)34(22,33)8-18/h17-27H,1-16H2,(H,42,43,44). The predicted molar refractivity (Wildman–Crippen MR) is 163 cm³/mol. The maximum Gasteiger partial charge on any atom is 0.465 e. The molecule has 14 unspecified atom stereocenters. The Labute approximate surface area is 288 Å². The molecule has 13 rings (SSSR count). The Balaban J connectivity index is 0.825. The van der Waals surface area contributed by atoms with Crippen LogP contribution in [0.5, 0.6) is 0 Å². The van der Waals surface area contributed by atoms with Crippen LogP contribution in [0.25, 0.3) is 0 Å². The van der Waals surface area contributed by atoms with Crippen LogP contribution >= 0.6 is 0 Å². The summed E-state index contributed by atoms with van der Waals surface area (Å²) in [4.78, 5) is 40.0. The number of hydrogen-bond donors (Lipinski definition) is 1. The molecule has 1 saturated heterocycles. The number of carbonyl (C=O) groups excluding carboxylic acids is 3. The van der Waals surface area contributed by atoms with Crippen molar-refractivity contribution in [1.29, 1.82) is 0 Å². The minimum Gasteiger partial charge on any atom is -0.462 e. The molecule has 12 aliphatic carbocycles. The molecule has 50 heavy (non-hydrogen) atoms. The number of ether oxygens (including phenoxy) is 5. The molecule has 1 aliphatic heterocycles. The lowest BCUT2D eigenvalue weighted by atomic mass is 9.32. The van der Waals surface area contributed by atoms with Crippen LogP contribution in [0, 0.1) is 69.5 Å². The van der Waals surface area contributed by atoms with Crippen LogP contribution < -0.4 is 0 Å². The van der Waals surface area contributed by atoms with Gasteiger partial charge in [-0.3, -0.25) is 14.1 Å². The van der Waals surface area contributed by atoms with E-state index in [0.717, 1.165) is 38.5 Å². The Kier molecular flexibility index (Phi) is 5.95. The van der Waals surface area contributed by atoms with E-state index >= 15 is 0 Å². The summed E-state index contributed by atoms with van der Waals surface area (Å²) in [5.74, 6) is -1.06. The summed E-state index contributed by atoms with van der Waals surface area (Å²) < 4.78 is 90.9. The summed E-state index contributed by atoms with van der Waals surface area (Å²) in [6.07, 6.45) is 9.99. The third kappa shape index (κ3) is 3.66. The summed E-state index contributed by atoms with van der Waals surface area (Å²) in [6.45, 7) is -0.112. The molecule has 13 fully saturated rings. The molecule has 12 saturated carbocycles. The highest BCUT2D eigenvalue weighted by Gasteiger charge is 2.83. The van der Waals surface area contributed by atoms with Crippen LogP contribution in [0.1, 0.15) is 89.9 Å². The maximum atomic E-state index is 14.2. The van der Waals surface area contributed by atoms with Gasteiger partial charge in [-0.2, -0.15) is 17.2 Å². The fourth-order valence-electron chi connectivity index (χ4n) is 15.7. The summed E-state index contributed by atoms with van der Waals surface area (Å²) in [7, 11) is -6.01. The molecule has 1 heterocycles. The first-order chi connectivity index (χ1) is 23.6. The van der Waals surface area contributed by atoms with Gasteiger partial charge in [-0.05, 0) is 137 Å². The van der Waals surface area contributed by atoms with E-state index in [9.17, 15) is 31.6 Å². The molecule has 0 amide bonds. The summed E-state index contributed by atoms with van der Waals surface area (Å²) in [6, 6.07) is 0. The van der Waals surface area contributed by atoms with E-state index in [0.29, 0.717) is 41.9 Å². The number of esters is 3. The Bertz CT molecular complexity index is 1700. The zero-order chi connectivity index (χ0) is 34.4.